The maximum atomic E-state index is 6.35. The van der Waals surface area contributed by atoms with Gasteiger partial charge in [0.05, 0.1) is 11.1 Å². The zero-order valence-electron chi connectivity index (χ0n) is 12.0. The molecule has 0 aromatic heterocycles. The van der Waals surface area contributed by atoms with Crippen LogP contribution in [0.15, 0.2) is 51.3 Å². The lowest BCUT2D eigenvalue weighted by Crippen LogP contribution is -2.03. The van der Waals surface area contributed by atoms with Gasteiger partial charge < -0.3 is 10.1 Å². The number of halogens is 2. The van der Waals surface area contributed by atoms with Crippen molar-refractivity contribution >= 4 is 29.4 Å². The summed E-state index contributed by atoms with van der Waals surface area (Å²) in [6.07, 6.45) is 10.1. The molecule has 0 aromatic carbocycles. The lowest BCUT2D eigenvalue weighted by molar-refractivity contribution is 0.202. The van der Waals surface area contributed by atoms with E-state index in [0.29, 0.717) is 11.6 Å². The van der Waals surface area contributed by atoms with Crippen molar-refractivity contribution < 1.29 is 4.74 Å². The summed E-state index contributed by atoms with van der Waals surface area (Å²) in [6, 6.07) is 0. The zero-order chi connectivity index (χ0) is 15.0. The summed E-state index contributed by atoms with van der Waals surface area (Å²) < 4.78 is 5.09. The van der Waals surface area contributed by atoms with Crippen molar-refractivity contribution in [3.63, 3.8) is 0 Å². The molecule has 1 rings (SSSR count). The Morgan fingerprint density at radius 1 is 1.50 bits per heavy atom. The van der Waals surface area contributed by atoms with Gasteiger partial charge in [-0.05, 0) is 25.0 Å². The first-order valence-electron chi connectivity index (χ1n) is 6.42. The van der Waals surface area contributed by atoms with E-state index in [4.69, 9.17) is 27.9 Å². The number of nitrogens with one attached hydrogen (secondary N) is 1. The third-order valence-corrected chi connectivity index (χ3v) is 3.52. The van der Waals surface area contributed by atoms with Crippen molar-refractivity contribution in [3.8, 4) is 0 Å². The number of rotatable bonds is 6. The molecule has 0 spiro atoms. The molecule has 110 valence electrons. The number of aliphatic imine (C=N–C) groups is 1. The minimum atomic E-state index is -0.229. The molecule has 20 heavy (non-hydrogen) atoms. The first-order chi connectivity index (χ1) is 9.63. The van der Waals surface area contributed by atoms with Gasteiger partial charge in [0.25, 0.3) is 0 Å². The first-order valence-corrected chi connectivity index (χ1v) is 7.23. The number of allylic oxidation sites excluding steroid dienone is 4. The van der Waals surface area contributed by atoms with Crippen molar-refractivity contribution in [2.24, 2.45) is 4.99 Å². The van der Waals surface area contributed by atoms with Crippen LogP contribution < -0.4 is 5.32 Å². The second-order valence-corrected chi connectivity index (χ2v) is 5.06. The number of ether oxygens (including phenoxy) is 1. The molecule has 0 fully saturated rings. The summed E-state index contributed by atoms with van der Waals surface area (Å²) in [5.74, 6) is 0. The molecule has 0 saturated heterocycles. The van der Waals surface area contributed by atoms with Crippen LogP contribution >= 0.6 is 23.2 Å². The lowest BCUT2D eigenvalue weighted by Gasteiger charge is -2.09. The van der Waals surface area contributed by atoms with Crippen LogP contribution in [0.25, 0.3) is 0 Å². The first kappa shape index (κ1) is 17.0. The molecule has 0 aromatic rings. The average molecular weight is 315 g/mol. The number of methoxy groups -OCH3 is 1. The van der Waals surface area contributed by atoms with Crippen LogP contribution in [0, 0.1) is 0 Å². The number of alkyl halides is 1. The van der Waals surface area contributed by atoms with E-state index in [9.17, 15) is 0 Å². The fourth-order valence-electron chi connectivity index (χ4n) is 1.80. The third kappa shape index (κ3) is 4.82. The summed E-state index contributed by atoms with van der Waals surface area (Å²) in [7, 11) is 3.50. The second kappa shape index (κ2) is 9.01. The van der Waals surface area contributed by atoms with Gasteiger partial charge in [0.1, 0.15) is 0 Å². The maximum Gasteiger partial charge on any atom is 0.0869 e. The standard InChI is InChI=1S/C15H20Cl2N2O/c1-4-19-15(10-18-2)12-6-5-11(7-8-20-3)13(16)9-14(12)17/h4-6,9-10,13,18H,7-8H2,1-3H3/b15-10-,19-4-. The smallest absolute Gasteiger partial charge is 0.0869 e. The van der Waals surface area contributed by atoms with Crippen LogP contribution in [0.5, 0.6) is 0 Å². The molecular weight excluding hydrogens is 295 g/mol. The molecule has 0 radical (unpaired) electrons. The number of hydrogen-bond acceptors (Lipinski definition) is 3. The van der Waals surface area contributed by atoms with Crippen molar-refractivity contribution in [2.45, 2.75) is 18.7 Å². The third-order valence-electron chi connectivity index (χ3n) is 2.79. The quantitative estimate of drug-likeness (QED) is 0.598. The molecule has 1 aliphatic rings. The second-order valence-electron chi connectivity index (χ2n) is 4.19. The lowest BCUT2D eigenvalue weighted by atomic mass is 10.1. The minimum Gasteiger partial charge on any atom is -0.392 e. The van der Waals surface area contributed by atoms with E-state index >= 15 is 0 Å². The fourth-order valence-corrected chi connectivity index (χ4v) is 2.45. The van der Waals surface area contributed by atoms with Crippen LogP contribution in [0.4, 0.5) is 0 Å². The molecule has 1 aliphatic carbocycles. The highest BCUT2D eigenvalue weighted by Gasteiger charge is 2.16. The molecule has 5 heteroatoms. The van der Waals surface area contributed by atoms with Crippen LogP contribution in [-0.4, -0.2) is 32.4 Å². The van der Waals surface area contributed by atoms with E-state index in [1.54, 1.807) is 19.5 Å². The number of hydrogen-bond donors (Lipinski definition) is 1. The summed E-state index contributed by atoms with van der Waals surface area (Å²) in [5.41, 5.74) is 2.69. The molecule has 0 aliphatic heterocycles. The Labute approximate surface area is 130 Å². The number of nitrogens with zero attached hydrogens (tertiary/aromatic N) is 1. The Balaban J connectivity index is 3.12. The van der Waals surface area contributed by atoms with Gasteiger partial charge in [0, 0.05) is 43.8 Å². The van der Waals surface area contributed by atoms with Gasteiger partial charge in [-0.15, -0.1) is 11.6 Å². The SMILES string of the molecule is C/C=N\C(=C/NC)C1=CC=C(CCOC)C(Cl)C=C1Cl. The van der Waals surface area contributed by atoms with Crippen molar-refractivity contribution in [2.75, 3.05) is 20.8 Å². The predicted molar refractivity (Wildman–Crippen MR) is 87.5 cm³/mol. The van der Waals surface area contributed by atoms with E-state index in [0.717, 1.165) is 23.3 Å². The van der Waals surface area contributed by atoms with Gasteiger partial charge in [0.15, 0.2) is 0 Å². The van der Waals surface area contributed by atoms with E-state index in [2.05, 4.69) is 10.3 Å². The Morgan fingerprint density at radius 2 is 2.25 bits per heavy atom. The van der Waals surface area contributed by atoms with Crippen LogP contribution in [-0.2, 0) is 4.74 Å². The van der Waals surface area contributed by atoms with Crippen molar-refractivity contribution in [3.05, 3.63) is 46.3 Å². The van der Waals surface area contributed by atoms with Gasteiger partial charge in [-0.3, -0.25) is 4.99 Å². The maximum absolute atomic E-state index is 6.35. The fraction of sp³-hybridized carbons (Fsp3) is 0.400. The highest BCUT2D eigenvalue weighted by molar-refractivity contribution is 6.34. The van der Waals surface area contributed by atoms with Gasteiger partial charge in [-0.2, -0.15) is 0 Å². The van der Waals surface area contributed by atoms with Crippen LogP contribution in [0.2, 0.25) is 0 Å². The van der Waals surface area contributed by atoms with Crippen molar-refractivity contribution in [1.82, 2.24) is 5.32 Å². The highest BCUT2D eigenvalue weighted by atomic mass is 35.5. The van der Waals surface area contributed by atoms with E-state index < -0.39 is 0 Å². The largest absolute Gasteiger partial charge is 0.392 e. The van der Waals surface area contributed by atoms with E-state index in [1.807, 2.05) is 32.2 Å². The van der Waals surface area contributed by atoms with Gasteiger partial charge >= 0.3 is 0 Å². The molecule has 0 bridgehead atoms. The topological polar surface area (TPSA) is 33.6 Å². The molecular formula is C15H20Cl2N2O. The summed E-state index contributed by atoms with van der Waals surface area (Å²) in [5, 5.41) is 3.34. The average Bonchev–Trinajstić information content (AvgIpc) is 2.55. The molecule has 1 N–H and O–H groups in total. The molecule has 0 saturated carbocycles. The van der Waals surface area contributed by atoms with Crippen LogP contribution in [0.1, 0.15) is 13.3 Å². The summed E-state index contributed by atoms with van der Waals surface area (Å²) in [6.45, 7) is 2.50. The Kier molecular flexibility index (Phi) is 7.67. The van der Waals surface area contributed by atoms with Gasteiger partial charge in [-0.25, -0.2) is 0 Å². The molecule has 0 heterocycles. The summed E-state index contributed by atoms with van der Waals surface area (Å²) >= 11 is 12.7. The zero-order valence-corrected chi connectivity index (χ0v) is 13.5. The Bertz CT molecular complexity index is 476. The molecule has 0 amide bonds. The minimum absolute atomic E-state index is 0.229. The summed E-state index contributed by atoms with van der Waals surface area (Å²) in [4.78, 5) is 4.32. The van der Waals surface area contributed by atoms with Crippen LogP contribution in [0.3, 0.4) is 0 Å². The normalized spacial score (nSPS) is 20.4. The van der Waals surface area contributed by atoms with Gasteiger partial charge in [0.2, 0.25) is 0 Å². The molecule has 1 unspecified atom stereocenters. The van der Waals surface area contributed by atoms with E-state index in [1.165, 1.54) is 0 Å². The molecule has 1 atom stereocenters. The van der Waals surface area contributed by atoms with E-state index in [-0.39, 0.29) is 5.38 Å². The predicted octanol–water partition coefficient (Wildman–Crippen LogP) is 3.77. The Morgan fingerprint density at radius 3 is 2.85 bits per heavy atom. The Hall–Kier alpha value is -1.03. The monoisotopic (exact) mass is 314 g/mol. The van der Waals surface area contributed by atoms with Crippen molar-refractivity contribution in [1.29, 1.82) is 0 Å². The highest BCUT2D eigenvalue weighted by Crippen LogP contribution is 2.30. The molecule has 3 nitrogen and oxygen atoms in total. The van der Waals surface area contributed by atoms with Gasteiger partial charge in [-0.1, -0.05) is 23.8 Å².